The molecule has 3 aliphatic rings. The van der Waals surface area contributed by atoms with Crippen LogP contribution in [0.15, 0.2) is 24.4 Å². The number of amides is 2. The molecule has 204 valence electrons. The molecule has 2 fully saturated rings. The molecular formula is C27H38N8O3. The lowest BCUT2D eigenvalue weighted by molar-refractivity contribution is -0.118. The van der Waals surface area contributed by atoms with Crippen molar-refractivity contribution in [3.63, 3.8) is 0 Å². The standard InChI is InChI=1S/C27H38N8O3/c1-32-13-15-34(16-14-32)31-26(37)19-9-10-21(23(17-19)38-3)29-27-28-18-22-25(30-27)35(12-11-24(36)33(22)2)20-7-5-4-6-8-20/h9-10,17-18,20H,4-8,11-16H2,1-3H3,(H,31,37)(H,28,29,30). The van der Waals surface area contributed by atoms with Crippen LogP contribution >= 0.6 is 0 Å². The van der Waals surface area contributed by atoms with Gasteiger partial charge in [0.15, 0.2) is 5.82 Å². The number of nitrogens with one attached hydrogen (secondary N) is 2. The molecule has 5 rings (SSSR count). The van der Waals surface area contributed by atoms with E-state index in [1.165, 1.54) is 19.3 Å². The smallest absolute Gasteiger partial charge is 0.265 e. The largest absolute Gasteiger partial charge is 0.495 e. The highest BCUT2D eigenvalue weighted by Crippen LogP contribution is 2.36. The number of hydrazine groups is 1. The highest BCUT2D eigenvalue weighted by molar-refractivity contribution is 5.97. The first kappa shape index (κ1) is 26.2. The Labute approximate surface area is 224 Å². The van der Waals surface area contributed by atoms with Gasteiger partial charge in [0.05, 0.1) is 19.0 Å². The predicted molar refractivity (Wildman–Crippen MR) is 147 cm³/mol. The molecule has 0 unspecified atom stereocenters. The van der Waals surface area contributed by atoms with Gasteiger partial charge < -0.3 is 24.8 Å². The van der Waals surface area contributed by atoms with Crippen LogP contribution in [-0.2, 0) is 4.79 Å². The number of rotatable bonds is 6. The van der Waals surface area contributed by atoms with Crippen LogP contribution in [0.4, 0.5) is 23.1 Å². The maximum absolute atomic E-state index is 12.9. The molecule has 2 aliphatic heterocycles. The zero-order valence-corrected chi connectivity index (χ0v) is 22.6. The zero-order valence-electron chi connectivity index (χ0n) is 22.6. The van der Waals surface area contributed by atoms with Crippen molar-refractivity contribution in [2.45, 2.75) is 44.6 Å². The summed E-state index contributed by atoms with van der Waals surface area (Å²) in [7, 11) is 5.44. The molecule has 11 nitrogen and oxygen atoms in total. The number of aromatic nitrogens is 2. The molecule has 2 N–H and O–H groups in total. The van der Waals surface area contributed by atoms with Gasteiger partial charge in [0.25, 0.3) is 5.91 Å². The van der Waals surface area contributed by atoms with E-state index in [2.05, 4.69) is 32.6 Å². The van der Waals surface area contributed by atoms with Crippen LogP contribution in [0.25, 0.3) is 0 Å². The number of benzene rings is 1. The lowest BCUT2D eigenvalue weighted by Crippen LogP contribution is -2.52. The number of hydrogen-bond donors (Lipinski definition) is 2. The van der Waals surface area contributed by atoms with Gasteiger partial charge in [-0.2, -0.15) is 4.98 Å². The minimum absolute atomic E-state index is 0.0703. The third-order valence-electron chi connectivity index (χ3n) is 7.81. The summed E-state index contributed by atoms with van der Waals surface area (Å²) in [4.78, 5) is 41.1. The van der Waals surface area contributed by atoms with Crippen LogP contribution in [-0.4, -0.2) is 91.7 Å². The summed E-state index contributed by atoms with van der Waals surface area (Å²) in [6, 6.07) is 5.66. The number of carbonyl (C=O) groups is 2. The topological polar surface area (TPSA) is 106 Å². The van der Waals surface area contributed by atoms with E-state index in [1.807, 2.05) is 5.01 Å². The van der Waals surface area contributed by atoms with Gasteiger partial charge in [-0.15, -0.1) is 0 Å². The Balaban J connectivity index is 1.36. The third kappa shape index (κ3) is 5.68. The minimum atomic E-state index is -0.170. The quantitative estimate of drug-likeness (QED) is 0.592. The van der Waals surface area contributed by atoms with Gasteiger partial charge in [-0.05, 0) is 38.1 Å². The molecule has 2 aromatic rings. The van der Waals surface area contributed by atoms with E-state index in [-0.39, 0.29) is 11.8 Å². The van der Waals surface area contributed by atoms with Crippen molar-refractivity contribution in [1.82, 2.24) is 25.3 Å². The van der Waals surface area contributed by atoms with Crippen molar-refractivity contribution in [2.24, 2.45) is 0 Å². The molecule has 0 bridgehead atoms. The Bertz CT molecular complexity index is 1160. The second kappa shape index (κ2) is 11.5. The van der Waals surface area contributed by atoms with E-state index in [4.69, 9.17) is 9.72 Å². The Morgan fingerprint density at radius 2 is 1.82 bits per heavy atom. The Hall–Kier alpha value is -3.44. The van der Waals surface area contributed by atoms with Crippen LogP contribution in [0.5, 0.6) is 5.75 Å². The minimum Gasteiger partial charge on any atom is -0.495 e. The molecule has 0 radical (unpaired) electrons. The summed E-state index contributed by atoms with van der Waals surface area (Å²) in [6.07, 6.45) is 8.04. The molecule has 2 amide bonds. The summed E-state index contributed by atoms with van der Waals surface area (Å²) in [6.45, 7) is 4.04. The first-order chi connectivity index (χ1) is 18.4. The molecule has 0 spiro atoms. The summed E-state index contributed by atoms with van der Waals surface area (Å²) < 4.78 is 5.61. The van der Waals surface area contributed by atoms with E-state index >= 15 is 0 Å². The fraction of sp³-hybridized carbons (Fsp3) is 0.556. The normalized spacial score (nSPS) is 19.6. The van der Waals surface area contributed by atoms with Gasteiger partial charge in [0.1, 0.15) is 11.4 Å². The SMILES string of the molecule is COc1cc(C(=O)NN2CCN(C)CC2)ccc1Nc1ncc2c(n1)N(C1CCCCC1)CCC(=O)N2C. The van der Waals surface area contributed by atoms with Crippen molar-refractivity contribution in [3.8, 4) is 5.75 Å². The number of fused-ring (bicyclic) bond motifs is 1. The van der Waals surface area contributed by atoms with Crippen molar-refractivity contribution < 1.29 is 14.3 Å². The summed E-state index contributed by atoms with van der Waals surface area (Å²) in [5.41, 5.74) is 4.89. The highest BCUT2D eigenvalue weighted by atomic mass is 16.5. The number of anilines is 4. The number of carbonyl (C=O) groups excluding carboxylic acids is 2. The Morgan fingerprint density at radius 1 is 1.05 bits per heavy atom. The first-order valence-electron chi connectivity index (χ1n) is 13.5. The maximum Gasteiger partial charge on any atom is 0.265 e. The van der Waals surface area contributed by atoms with Crippen molar-refractivity contribution in [1.29, 1.82) is 0 Å². The van der Waals surface area contributed by atoms with Crippen LogP contribution in [0.1, 0.15) is 48.9 Å². The first-order valence-corrected chi connectivity index (χ1v) is 13.5. The van der Waals surface area contributed by atoms with Crippen LogP contribution in [0.2, 0.25) is 0 Å². The number of nitrogens with zero attached hydrogens (tertiary/aromatic N) is 6. The molecule has 1 aromatic carbocycles. The number of hydrogen-bond acceptors (Lipinski definition) is 9. The van der Waals surface area contributed by atoms with Gasteiger partial charge in [-0.3, -0.25) is 15.0 Å². The monoisotopic (exact) mass is 522 g/mol. The van der Waals surface area contributed by atoms with Gasteiger partial charge in [0, 0.05) is 57.8 Å². The lowest BCUT2D eigenvalue weighted by Gasteiger charge is -2.35. The summed E-state index contributed by atoms with van der Waals surface area (Å²) >= 11 is 0. The molecule has 0 atom stereocenters. The maximum atomic E-state index is 12.9. The van der Waals surface area contributed by atoms with Crippen LogP contribution in [0.3, 0.4) is 0 Å². The Kier molecular flexibility index (Phi) is 7.94. The molecule has 1 aliphatic carbocycles. The van der Waals surface area contributed by atoms with Crippen molar-refractivity contribution in [2.75, 3.05) is 69.0 Å². The third-order valence-corrected chi connectivity index (χ3v) is 7.81. The van der Waals surface area contributed by atoms with E-state index < -0.39 is 0 Å². The van der Waals surface area contributed by atoms with Crippen molar-refractivity contribution in [3.05, 3.63) is 30.0 Å². The molecule has 1 aromatic heterocycles. The second-order valence-corrected chi connectivity index (χ2v) is 10.4. The molecule has 38 heavy (non-hydrogen) atoms. The average molecular weight is 523 g/mol. The number of likely N-dealkylation sites (N-methyl/N-ethyl adjacent to an activating group) is 1. The van der Waals surface area contributed by atoms with E-state index in [1.54, 1.807) is 43.5 Å². The van der Waals surface area contributed by atoms with Crippen LogP contribution < -0.4 is 25.3 Å². The Morgan fingerprint density at radius 3 is 2.55 bits per heavy atom. The number of ether oxygens (including phenoxy) is 1. The van der Waals surface area contributed by atoms with Gasteiger partial charge >= 0.3 is 0 Å². The van der Waals surface area contributed by atoms with Gasteiger partial charge in [-0.1, -0.05) is 19.3 Å². The highest BCUT2D eigenvalue weighted by Gasteiger charge is 2.31. The summed E-state index contributed by atoms with van der Waals surface area (Å²) in [5.74, 6) is 1.62. The summed E-state index contributed by atoms with van der Waals surface area (Å²) in [5, 5.41) is 5.22. The van der Waals surface area contributed by atoms with E-state index in [0.29, 0.717) is 42.0 Å². The van der Waals surface area contributed by atoms with Gasteiger partial charge in [-0.25, -0.2) is 9.99 Å². The number of methoxy groups -OCH3 is 1. The van der Waals surface area contributed by atoms with E-state index in [9.17, 15) is 9.59 Å². The fourth-order valence-corrected chi connectivity index (χ4v) is 5.43. The predicted octanol–water partition coefficient (Wildman–Crippen LogP) is 2.63. The average Bonchev–Trinajstić information content (AvgIpc) is 3.06. The van der Waals surface area contributed by atoms with Gasteiger partial charge in [0.2, 0.25) is 11.9 Å². The molecule has 3 heterocycles. The van der Waals surface area contributed by atoms with Crippen LogP contribution in [0, 0.1) is 0 Å². The molecule has 1 saturated carbocycles. The van der Waals surface area contributed by atoms with E-state index in [0.717, 1.165) is 50.5 Å². The molecule has 1 saturated heterocycles. The lowest BCUT2D eigenvalue weighted by atomic mass is 9.94. The fourth-order valence-electron chi connectivity index (χ4n) is 5.43. The molecular weight excluding hydrogens is 484 g/mol. The van der Waals surface area contributed by atoms with Crippen molar-refractivity contribution >= 4 is 35.0 Å². The second-order valence-electron chi connectivity index (χ2n) is 10.4. The zero-order chi connectivity index (χ0) is 26.6. The molecule has 11 heteroatoms. The number of piperazine rings is 1.